The Bertz CT molecular complexity index is 2210. The van der Waals surface area contributed by atoms with Crippen LogP contribution in [0.4, 0.5) is 28.4 Å². The molecule has 1 aliphatic carbocycles. The molecule has 46 heavy (non-hydrogen) atoms. The molecule has 0 radical (unpaired) electrons. The van der Waals surface area contributed by atoms with Gasteiger partial charge in [-0.3, -0.25) is 0 Å². The fraction of sp³-hybridized carbons (Fsp3) is 0.0476. The van der Waals surface area contributed by atoms with E-state index in [2.05, 4.69) is 180 Å². The highest BCUT2D eigenvalue weighted by Crippen LogP contribution is 2.50. The lowest BCUT2D eigenvalue weighted by atomic mass is 9.91. The van der Waals surface area contributed by atoms with Gasteiger partial charge in [0.05, 0.1) is 0 Å². The normalized spacial score (nSPS) is 16.7. The van der Waals surface area contributed by atoms with Crippen molar-refractivity contribution in [1.82, 2.24) is 0 Å². The van der Waals surface area contributed by atoms with Crippen molar-refractivity contribution in [3.8, 4) is 0 Å². The third kappa shape index (κ3) is 4.73. The second-order valence-electron chi connectivity index (χ2n) is 11.7. The molecule has 0 N–H and O–H groups in total. The fourth-order valence-corrected chi connectivity index (χ4v) is 9.28. The van der Waals surface area contributed by atoms with Gasteiger partial charge in [0.25, 0.3) is 0 Å². The summed E-state index contributed by atoms with van der Waals surface area (Å²) in [6.07, 6.45) is 7.18. The minimum absolute atomic E-state index is 0.371. The molecular weight excluding hydrogens is 597 g/mol. The number of allylic oxidation sites excluding steroid dienone is 2. The molecule has 0 fully saturated rings. The number of nitrogens with zero attached hydrogens (tertiary/aromatic N) is 2. The van der Waals surface area contributed by atoms with E-state index in [0.717, 1.165) is 17.1 Å². The van der Waals surface area contributed by atoms with E-state index in [9.17, 15) is 0 Å². The molecule has 1 aromatic heterocycles. The lowest BCUT2D eigenvalue weighted by Crippen LogP contribution is -2.20. The molecule has 4 heteroatoms. The molecule has 0 saturated heterocycles. The quantitative estimate of drug-likeness (QED) is 0.181. The highest BCUT2D eigenvalue weighted by atomic mass is 32.2. The van der Waals surface area contributed by atoms with Gasteiger partial charge in [0.15, 0.2) is 0 Å². The SMILES string of the molecule is C1=CC2Sc3ccccc3C2C=C1N(c1ccccc1)c1ccc2c(c1)sc1ccc(N(c3ccccc3)c3ccccc3)cc12. The van der Waals surface area contributed by atoms with E-state index < -0.39 is 0 Å². The summed E-state index contributed by atoms with van der Waals surface area (Å²) in [5.41, 5.74) is 8.44. The number of thioether (sulfide) groups is 1. The van der Waals surface area contributed by atoms with Crippen LogP contribution in [0.15, 0.2) is 180 Å². The van der Waals surface area contributed by atoms with E-state index in [1.807, 2.05) is 23.1 Å². The van der Waals surface area contributed by atoms with Crippen molar-refractivity contribution in [3.63, 3.8) is 0 Å². The van der Waals surface area contributed by atoms with Crippen LogP contribution in [-0.4, -0.2) is 5.25 Å². The number of hydrogen-bond donors (Lipinski definition) is 0. The van der Waals surface area contributed by atoms with Gasteiger partial charge in [-0.2, -0.15) is 0 Å². The van der Waals surface area contributed by atoms with Gasteiger partial charge in [-0.05, 0) is 84.4 Å². The third-order valence-corrected chi connectivity index (χ3v) is 11.4. The van der Waals surface area contributed by atoms with Gasteiger partial charge in [-0.1, -0.05) is 91.0 Å². The first kappa shape index (κ1) is 27.3. The molecule has 2 heterocycles. The fourth-order valence-electron chi connectivity index (χ4n) is 6.84. The van der Waals surface area contributed by atoms with Crippen LogP contribution in [-0.2, 0) is 0 Å². The van der Waals surface area contributed by atoms with Gasteiger partial charge in [0, 0.05) is 70.4 Å². The number of benzene rings is 6. The van der Waals surface area contributed by atoms with Crippen LogP contribution in [0.25, 0.3) is 20.2 Å². The average molecular weight is 627 g/mol. The van der Waals surface area contributed by atoms with Gasteiger partial charge in [0.1, 0.15) is 0 Å². The molecule has 0 saturated carbocycles. The molecule has 2 aliphatic rings. The standard InChI is InChI=1S/C42H30N2S2/c1-4-12-29(13-5-1)43(30-14-6-2-7-15-30)32-21-25-41-38(26-32)36-23-20-34(28-42(36)46-41)44(31-16-8-3-9-17-31)33-22-24-40-37(27-33)35-18-10-11-19-39(35)45-40/h1-28,37,40H. The van der Waals surface area contributed by atoms with Crippen molar-refractivity contribution in [2.45, 2.75) is 16.1 Å². The molecular formula is C42H30N2S2. The van der Waals surface area contributed by atoms with E-state index in [4.69, 9.17) is 0 Å². The molecule has 2 atom stereocenters. The summed E-state index contributed by atoms with van der Waals surface area (Å²) in [5.74, 6) is 0.371. The van der Waals surface area contributed by atoms with Gasteiger partial charge >= 0.3 is 0 Å². The molecule has 1 aliphatic heterocycles. The Hall–Kier alpha value is -5.03. The summed E-state index contributed by atoms with van der Waals surface area (Å²) >= 11 is 3.85. The molecule has 2 unspecified atom stereocenters. The van der Waals surface area contributed by atoms with Gasteiger partial charge < -0.3 is 9.80 Å². The lowest BCUT2D eigenvalue weighted by Gasteiger charge is -2.30. The lowest BCUT2D eigenvalue weighted by molar-refractivity contribution is 0.863. The molecule has 7 aromatic rings. The van der Waals surface area contributed by atoms with E-state index in [1.54, 1.807) is 0 Å². The number of fused-ring (bicyclic) bond motifs is 6. The first-order valence-corrected chi connectivity index (χ1v) is 17.4. The zero-order valence-corrected chi connectivity index (χ0v) is 26.7. The van der Waals surface area contributed by atoms with E-state index in [-0.39, 0.29) is 0 Å². The highest BCUT2D eigenvalue weighted by molar-refractivity contribution is 8.00. The molecule has 220 valence electrons. The highest BCUT2D eigenvalue weighted by Gasteiger charge is 2.33. The molecule has 0 amide bonds. The molecule has 0 spiro atoms. The Balaban J connectivity index is 1.15. The van der Waals surface area contributed by atoms with E-state index in [1.165, 1.54) is 47.7 Å². The largest absolute Gasteiger partial charge is 0.311 e. The predicted molar refractivity (Wildman–Crippen MR) is 199 cm³/mol. The number of para-hydroxylation sites is 3. The Labute approximate surface area is 277 Å². The van der Waals surface area contributed by atoms with Crippen molar-refractivity contribution in [1.29, 1.82) is 0 Å². The van der Waals surface area contributed by atoms with Crippen molar-refractivity contribution in [2.24, 2.45) is 0 Å². The summed E-state index contributed by atoms with van der Waals surface area (Å²) < 4.78 is 2.58. The smallest absolute Gasteiger partial charge is 0.0475 e. The first-order chi connectivity index (χ1) is 22.8. The number of thiophene rings is 1. The van der Waals surface area contributed by atoms with E-state index in [0.29, 0.717) is 11.2 Å². The third-order valence-electron chi connectivity index (χ3n) is 8.96. The van der Waals surface area contributed by atoms with Gasteiger partial charge in [-0.15, -0.1) is 23.1 Å². The average Bonchev–Trinajstić information content (AvgIpc) is 3.67. The Morgan fingerprint density at radius 1 is 0.478 bits per heavy atom. The minimum Gasteiger partial charge on any atom is -0.311 e. The van der Waals surface area contributed by atoms with Crippen LogP contribution in [0, 0.1) is 0 Å². The maximum absolute atomic E-state index is 2.47. The molecule has 6 aromatic carbocycles. The van der Waals surface area contributed by atoms with Crippen molar-refractivity contribution >= 4 is 71.7 Å². The predicted octanol–water partition coefficient (Wildman–Crippen LogP) is 12.4. The summed E-state index contributed by atoms with van der Waals surface area (Å²) in [5, 5.41) is 3.02. The zero-order valence-electron chi connectivity index (χ0n) is 25.0. The number of rotatable bonds is 6. The Morgan fingerprint density at radius 2 is 1.09 bits per heavy atom. The Morgan fingerprint density at radius 3 is 1.80 bits per heavy atom. The zero-order chi connectivity index (χ0) is 30.5. The topological polar surface area (TPSA) is 6.48 Å². The summed E-state index contributed by atoms with van der Waals surface area (Å²) in [7, 11) is 0. The van der Waals surface area contributed by atoms with Gasteiger partial charge in [0.2, 0.25) is 0 Å². The number of hydrogen-bond acceptors (Lipinski definition) is 4. The number of anilines is 5. The van der Waals surface area contributed by atoms with Crippen LogP contribution in [0.5, 0.6) is 0 Å². The second kappa shape index (κ2) is 11.4. The monoisotopic (exact) mass is 626 g/mol. The second-order valence-corrected chi connectivity index (χ2v) is 14.0. The first-order valence-electron chi connectivity index (χ1n) is 15.7. The van der Waals surface area contributed by atoms with Crippen LogP contribution in [0.1, 0.15) is 11.5 Å². The summed E-state index contributed by atoms with van der Waals surface area (Å²) in [4.78, 5) is 6.15. The Kier molecular flexibility index (Phi) is 6.76. The summed E-state index contributed by atoms with van der Waals surface area (Å²) in [6.45, 7) is 0. The van der Waals surface area contributed by atoms with Crippen LogP contribution < -0.4 is 9.80 Å². The maximum Gasteiger partial charge on any atom is 0.0475 e. The van der Waals surface area contributed by atoms with E-state index >= 15 is 0 Å². The molecule has 2 nitrogen and oxygen atoms in total. The van der Waals surface area contributed by atoms with Crippen molar-refractivity contribution in [3.05, 3.63) is 181 Å². The minimum atomic E-state index is 0.371. The maximum atomic E-state index is 2.47. The van der Waals surface area contributed by atoms with Crippen LogP contribution in [0.3, 0.4) is 0 Å². The van der Waals surface area contributed by atoms with Gasteiger partial charge in [-0.25, -0.2) is 0 Å². The summed E-state index contributed by atoms with van der Waals surface area (Å²) in [6, 6.07) is 54.7. The molecule has 9 rings (SSSR count). The molecule has 0 bridgehead atoms. The van der Waals surface area contributed by atoms with Crippen LogP contribution >= 0.6 is 23.1 Å². The van der Waals surface area contributed by atoms with Crippen LogP contribution in [0.2, 0.25) is 0 Å². The van der Waals surface area contributed by atoms with Crippen molar-refractivity contribution < 1.29 is 0 Å². The van der Waals surface area contributed by atoms with Crippen molar-refractivity contribution in [2.75, 3.05) is 9.80 Å².